The van der Waals surface area contributed by atoms with Gasteiger partial charge in [0.1, 0.15) is 51.1 Å². The van der Waals surface area contributed by atoms with E-state index in [-0.39, 0.29) is 61.1 Å². The Morgan fingerprint density at radius 3 is 1.35 bits per heavy atom. The first-order chi connectivity index (χ1) is 38.5. The van der Waals surface area contributed by atoms with Gasteiger partial charge in [-0.2, -0.15) is 20.4 Å². The fraction of sp³-hybridized carbons (Fsp3) is 0.382. The Balaban J connectivity index is 0.000000376. The molecular weight excluding hydrogens is 1170 g/mol. The number of anilines is 7. The van der Waals surface area contributed by atoms with Gasteiger partial charge in [0.15, 0.2) is 17.5 Å². The van der Waals surface area contributed by atoms with Gasteiger partial charge in [0.25, 0.3) is 0 Å². The van der Waals surface area contributed by atoms with Crippen molar-refractivity contribution in [3.63, 3.8) is 0 Å². The molecule has 1 radical (unpaired) electrons. The number of aryl methyl sites for hydroxylation is 4. The van der Waals surface area contributed by atoms with Gasteiger partial charge in [-0.15, -0.1) is 0 Å². The summed E-state index contributed by atoms with van der Waals surface area (Å²) in [5.74, 6) is 2.93. The van der Waals surface area contributed by atoms with Crippen molar-refractivity contribution < 1.29 is 55.7 Å². The minimum atomic E-state index is -0.364. The van der Waals surface area contributed by atoms with Crippen molar-refractivity contribution in [2.75, 3.05) is 40.5 Å². The number of unbranched alkanes of at least 4 members (excludes halogenated alkanes) is 8. The first-order valence-electron chi connectivity index (χ1n) is 25.8. The number of nitrogens with one attached hydrogen (secondary N) is 2. The second-order valence-electron chi connectivity index (χ2n) is 17.6. The molecule has 0 saturated carbocycles. The molecule has 1 amide bonds. The number of nitrogens with zero attached hydrogens (tertiary/aromatic N) is 14. The second kappa shape index (κ2) is 39.7. The number of nitrogens with two attached hydrogens (primary N) is 1. The molecule has 0 aromatic carbocycles. The van der Waals surface area contributed by atoms with Crippen LogP contribution in [-0.2, 0) is 61.1 Å². The number of hydrogen-bond acceptors (Lipinski definition) is 16. The summed E-state index contributed by atoms with van der Waals surface area (Å²) in [6, 6.07) is 19.3. The van der Waals surface area contributed by atoms with Crippen LogP contribution in [0.1, 0.15) is 91.4 Å². The van der Waals surface area contributed by atoms with Gasteiger partial charge in [-0.25, -0.2) is 43.0 Å². The molecule has 0 saturated heterocycles. The van der Waals surface area contributed by atoms with Crippen molar-refractivity contribution in [3.8, 4) is 0 Å². The molecule has 0 fully saturated rings. The predicted molar refractivity (Wildman–Crippen MR) is 308 cm³/mol. The van der Waals surface area contributed by atoms with E-state index < -0.39 is 0 Å². The Kier molecular flexibility index (Phi) is 34.1. The van der Waals surface area contributed by atoms with Crippen LogP contribution in [0, 0.1) is 23.3 Å². The molecule has 443 valence electrons. The van der Waals surface area contributed by atoms with E-state index in [1.165, 1.54) is 36.7 Å². The maximum Gasteiger partial charge on any atom is 0.305 e. The standard InChI is InChI=1S/C19H27FN4O2.C17H24FN5O2.C9H9FN4.C5H3BrFN.C4H7N3.CH4.V/c1-3-26-19(25)9-7-5-4-6-8-13-24(18-12-14-23(2)22-18)17-11-10-16(20)15-21-17;1-22-12-10-16(20-22)23(15-9-8-14(18)13-19-15)11-6-4-2-3-5-7-17(24)21-25;1-14-5-4-9(13-14)12-8-3-2-7(10)6-11-8;6-5-2-1-4(7)3-8-5;1-7-3-2-4(5)6-7;;/h10-12,14-15H,3-9,13H2,1-2H3;8-10,12-13,25H,2-7,11H2,1H3,(H,21,24);2-6H,1H3,(H,11,12,13);1-3H;2-3H,1H3,(H2,5,6);1H4;. The summed E-state index contributed by atoms with van der Waals surface area (Å²) in [4.78, 5) is 42.0. The van der Waals surface area contributed by atoms with E-state index in [9.17, 15) is 27.2 Å². The molecule has 8 aromatic heterocycles. The number of carbonyl (C=O) groups is 2. The van der Waals surface area contributed by atoms with Crippen molar-refractivity contribution in [2.45, 2.75) is 91.4 Å². The van der Waals surface area contributed by atoms with Gasteiger partial charge < -0.3 is 25.6 Å². The van der Waals surface area contributed by atoms with Crippen LogP contribution in [0.2, 0.25) is 0 Å². The Hall–Kier alpha value is -7.68. The second-order valence-corrected chi connectivity index (χ2v) is 18.4. The van der Waals surface area contributed by atoms with Crippen LogP contribution >= 0.6 is 15.9 Å². The Bertz CT molecular complexity index is 2930. The van der Waals surface area contributed by atoms with Crippen molar-refractivity contribution in [2.24, 2.45) is 28.2 Å². The molecule has 8 aromatic rings. The molecule has 27 heteroatoms. The van der Waals surface area contributed by atoms with E-state index in [1.54, 1.807) is 60.7 Å². The smallest absolute Gasteiger partial charge is 0.305 e. The number of hydrogen-bond donors (Lipinski definition) is 4. The zero-order valence-electron chi connectivity index (χ0n) is 46.0. The Labute approximate surface area is 496 Å². The molecule has 8 rings (SSSR count). The normalized spacial score (nSPS) is 10.1. The molecule has 0 aliphatic rings. The maximum atomic E-state index is 13.2. The third kappa shape index (κ3) is 28.6. The SMILES string of the molecule is C.CCOC(=O)CCCCCCCN(c1ccc(F)cn1)c1ccn(C)n1.Cn1ccc(N(CCCCCCCC(=O)NO)c2ccc(F)cn2)n1.Cn1ccc(N)n1.Cn1ccc(Nc2ccc(F)cn2)n1.Fc1ccc(Br)nc1.[V]. The average molecular weight is 1240 g/mol. The third-order valence-corrected chi connectivity index (χ3v) is 11.5. The number of nitrogen functional groups attached to an aromatic ring is 1. The van der Waals surface area contributed by atoms with Crippen molar-refractivity contribution in [1.82, 2.24) is 64.5 Å². The Morgan fingerprint density at radius 2 is 0.988 bits per heavy atom. The molecule has 0 atom stereocenters. The summed E-state index contributed by atoms with van der Waals surface area (Å²) < 4.78 is 63.2. The van der Waals surface area contributed by atoms with E-state index in [0.717, 1.165) is 101 Å². The van der Waals surface area contributed by atoms with Gasteiger partial charge in [-0.05, 0) is 103 Å². The fourth-order valence-electron chi connectivity index (χ4n) is 7.14. The summed E-state index contributed by atoms with van der Waals surface area (Å²) in [5.41, 5.74) is 6.88. The molecular formula is C55H74BrF4N17O4V. The quantitative estimate of drug-likeness (QED) is 0.0116. The van der Waals surface area contributed by atoms with Gasteiger partial charge in [0, 0.05) is 116 Å². The summed E-state index contributed by atoms with van der Waals surface area (Å²) in [7, 11) is 7.37. The topological polar surface area (TPSA) is 243 Å². The van der Waals surface area contributed by atoms with Gasteiger partial charge in [0.2, 0.25) is 5.91 Å². The van der Waals surface area contributed by atoms with Gasteiger partial charge in [-0.1, -0.05) is 46.0 Å². The molecule has 21 nitrogen and oxygen atoms in total. The summed E-state index contributed by atoms with van der Waals surface area (Å²) in [5, 5.41) is 28.1. The van der Waals surface area contributed by atoms with Crippen LogP contribution < -0.4 is 26.3 Å². The summed E-state index contributed by atoms with van der Waals surface area (Å²) >= 11 is 3.07. The zero-order chi connectivity index (χ0) is 58.1. The van der Waals surface area contributed by atoms with E-state index in [0.29, 0.717) is 53.1 Å². The first kappa shape index (κ1) is 70.4. The van der Waals surface area contributed by atoms with Crippen LogP contribution in [-0.4, -0.2) is 95.8 Å². The maximum absolute atomic E-state index is 13.2. The fourth-order valence-corrected chi connectivity index (χ4v) is 7.37. The van der Waals surface area contributed by atoms with Gasteiger partial charge in [0.05, 0.1) is 31.4 Å². The van der Waals surface area contributed by atoms with Crippen LogP contribution in [0.15, 0.2) is 127 Å². The number of ether oxygens (including phenoxy) is 1. The van der Waals surface area contributed by atoms with Gasteiger partial charge >= 0.3 is 5.97 Å². The number of pyridine rings is 4. The van der Waals surface area contributed by atoms with Crippen LogP contribution in [0.5, 0.6) is 0 Å². The van der Waals surface area contributed by atoms with Crippen molar-refractivity contribution >= 4 is 68.5 Å². The molecule has 0 bridgehead atoms. The first-order valence-corrected chi connectivity index (χ1v) is 26.6. The van der Waals surface area contributed by atoms with Gasteiger partial charge in [-0.3, -0.25) is 33.5 Å². The Morgan fingerprint density at radius 1 is 0.549 bits per heavy atom. The monoisotopic (exact) mass is 1240 g/mol. The van der Waals surface area contributed by atoms with E-state index in [1.807, 2.05) is 81.7 Å². The largest absolute Gasteiger partial charge is 0.466 e. The number of esters is 1. The molecule has 0 spiro atoms. The molecule has 0 unspecified atom stereocenters. The van der Waals surface area contributed by atoms with Crippen molar-refractivity contribution in [3.05, 3.63) is 150 Å². The number of halogens is 5. The number of rotatable bonds is 23. The van der Waals surface area contributed by atoms with Crippen molar-refractivity contribution in [1.29, 1.82) is 0 Å². The minimum absolute atomic E-state index is 0. The number of aromatic nitrogens is 12. The van der Waals surface area contributed by atoms with E-state index in [4.69, 9.17) is 15.7 Å². The molecule has 0 aliphatic carbocycles. The number of hydroxylamine groups is 1. The van der Waals surface area contributed by atoms with Crippen LogP contribution in [0.25, 0.3) is 0 Å². The average Bonchev–Trinajstić information content (AvgIpc) is 4.35. The van der Waals surface area contributed by atoms with Crippen LogP contribution in [0.4, 0.5) is 58.3 Å². The predicted octanol–water partition coefficient (Wildman–Crippen LogP) is 11.3. The minimum Gasteiger partial charge on any atom is -0.466 e. The van der Waals surface area contributed by atoms with Crippen LogP contribution in [0.3, 0.4) is 0 Å². The van der Waals surface area contributed by atoms with E-state index >= 15 is 0 Å². The summed E-state index contributed by atoms with van der Waals surface area (Å²) in [6.07, 6.45) is 22.5. The molecule has 8 heterocycles. The number of amides is 1. The third-order valence-electron chi connectivity index (χ3n) is 11.0. The molecule has 5 N–H and O–H groups in total. The summed E-state index contributed by atoms with van der Waals surface area (Å²) in [6.45, 7) is 3.75. The molecule has 82 heavy (non-hydrogen) atoms. The molecule has 0 aliphatic heterocycles. The number of carbonyl (C=O) groups excluding carboxylic acids is 2. The van der Waals surface area contributed by atoms with E-state index in [2.05, 4.69) is 61.6 Å². The zero-order valence-corrected chi connectivity index (χ0v) is 49.0.